The predicted octanol–water partition coefficient (Wildman–Crippen LogP) is 5.28. The topological polar surface area (TPSA) is 90.9 Å². The van der Waals surface area contributed by atoms with Gasteiger partial charge in [-0.25, -0.2) is 0 Å². The summed E-state index contributed by atoms with van der Waals surface area (Å²) in [6.07, 6.45) is 0.262. The van der Waals surface area contributed by atoms with Crippen LogP contribution in [0.15, 0.2) is 42.5 Å². The van der Waals surface area contributed by atoms with E-state index in [1.807, 2.05) is 52.0 Å². The molecule has 2 aromatic carbocycles. The third-order valence-corrected chi connectivity index (χ3v) is 5.34. The van der Waals surface area contributed by atoms with Gasteiger partial charge in [-0.15, -0.1) is 0 Å². The van der Waals surface area contributed by atoms with E-state index in [0.717, 1.165) is 11.8 Å². The molecule has 2 aromatic rings. The summed E-state index contributed by atoms with van der Waals surface area (Å²) in [7, 11) is -3.72. The van der Waals surface area contributed by atoms with E-state index >= 15 is 0 Å². The number of esters is 1. The number of hydrogen-bond donors (Lipinski definition) is 1. The first kappa shape index (κ1) is 27.8. The molecule has 34 heavy (non-hydrogen) atoms. The molecule has 0 aliphatic rings. The van der Waals surface area contributed by atoms with Gasteiger partial charge >= 0.3 is 5.97 Å². The second-order valence-electron chi connectivity index (χ2n) is 10.5. The normalized spacial score (nSPS) is 13.4. The Labute approximate surface area is 203 Å². The minimum absolute atomic E-state index is 0.0244. The first-order valence-electron chi connectivity index (χ1n) is 11.2. The number of carbonyl (C=O) groups is 1. The number of benzene rings is 2. The lowest BCUT2D eigenvalue weighted by Gasteiger charge is -2.25. The SMILES string of the molecule is Cc1cccc(Oc2ccc(C(CNC(C)(C)C)OS(C)(=O)=O)cc2COC(=O)C(C)(C)C)c1. The lowest BCUT2D eigenvalue weighted by Crippen LogP contribution is -2.39. The van der Waals surface area contributed by atoms with E-state index in [-0.39, 0.29) is 24.7 Å². The third kappa shape index (κ3) is 9.44. The molecule has 1 atom stereocenters. The van der Waals surface area contributed by atoms with Gasteiger partial charge in [-0.3, -0.25) is 8.98 Å². The van der Waals surface area contributed by atoms with Gasteiger partial charge in [0.05, 0.1) is 11.7 Å². The predicted molar refractivity (Wildman–Crippen MR) is 133 cm³/mol. The highest BCUT2D eigenvalue weighted by Gasteiger charge is 2.25. The average molecular weight is 492 g/mol. The molecule has 0 aliphatic heterocycles. The maximum atomic E-state index is 12.4. The summed E-state index contributed by atoms with van der Waals surface area (Å²) in [4.78, 5) is 12.4. The van der Waals surface area contributed by atoms with Crippen molar-refractivity contribution in [1.29, 1.82) is 0 Å². The second-order valence-corrected chi connectivity index (χ2v) is 12.1. The van der Waals surface area contributed by atoms with Crippen LogP contribution in [0.25, 0.3) is 0 Å². The summed E-state index contributed by atoms with van der Waals surface area (Å²) in [5, 5.41) is 3.29. The number of hydrogen-bond acceptors (Lipinski definition) is 7. The fourth-order valence-electron chi connectivity index (χ4n) is 2.99. The van der Waals surface area contributed by atoms with Crippen molar-refractivity contribution in [2.45, 2.75) is 66.7 Å². The maximum absolute atomic E-state index is 12.4. The molecule has 0 spiro atoms. The molecule has 0 aliphatic carbocycles. The van der Waals surface area contributed by atoms with E-state index in [1.54, 1.807) is 39.0 Å². The van der Waals surface area contributed by atoms with Crippen LogP contribution in [-0.4, -0.2) is 32.7 Å². The molecule has 8 heteroatoms. The van der Waals surface area contributed by atoms with Gasteiger partial charge in [0.1, 0.15) is 24.2 Å². The Bertz CT molecular complexity index is 1100. The Morgan fingerprint density at radius 3 is 2.26 bits per heavy atom. The summed E-state index contributed by atoms with van der Waals surface area (Å²) in [5.41, 5.74) is 1.38. The van der Waals surface area contributed by atoms with Crippen molar-refractivity contribution in [3.63, 3.8) is 0 Å². The van der Waals surface area contributed by atoms with Crippen LogP contribution in [0.3, 0.4) is 0 Å². The van der Waals surface area contributed by atoms with Crippen LogP contribution in [0, 0.1) is 12.3 Å². The molecule has 0 saturated carbocycles. The minimum atomic E-state index is -3.72. The number of ether oxygens (including phenoxy) is 2. The van der Waals surface area contributed by atoms with Gasteiger partial charge in [-0.2, -0.15) is 8.42 Å². The minimum Gasteiger partial charge on any atom is -0.460 e. The van der Waals surface area contributed by atoms with Gasteiger partial charge in [0.15, 0.2) is 0 Å². The van der Waals surface area contributed by atoms with Gasteiger partial charge < -0.3 is 14.8 Å². The summed E-state index contributed by atoms with van der Waals surface area (Å²) in [6.45, 7) is 13.5. The summed E-state index contributed by atoms with van der Waals surface area (Å²) in [5.74, 6) is 0.810. The van der Waals surface area contributed by atoms with E-state index < -0.39 is 21.6 Å². The molecule has 7 nitrogen and oxygen atoms in total. The summed E-state index contributed by atoms with van der Waals surface area (Å²) in [6, 6.07) is 12.9. The van der Waals surface area contributed by atoms with Crippen LogP contribution in [-0.2, 0) is 30.4 Å². The number of nitrogens with one attached hydrogen (secondary N) is 1. The highest BCUT2D eigenvalue weighted by Crippen LogP contribution is 2.31. The zero-order chi connectivity index (χ0) is 25.7. The van der Waals surface area contributed by atoms with Crippen molar-refractivity contribution < 1.29 is 26.9 Å². The Balaban J connectivity index is 2.43. The molecule has 0 bridgehead atoms. The monoisotopic (exact) mass is 491 g/mol. The van der Waals surface area contributed by atoms with E-state index in [1.165, 1.54) is 0 Å². The largest absolute Gasteiger partial charge is 0.460 e. The first-order chi connectivity index (χ1) is 15.5. The van der Waals surface area contributed by atoms with Gasteiger partial charge in [0.2, 0.25) is 0 Å². The van der Waals surface area contributed by atoms with Crippen molar-refractivity contribution >= 4 is 16.1 Å². The Hall–Kier alpha value is -2.42. The van der Waals surface area contributed by atoms with E-state index in [0.29, 0.717) is 22.6 Å². The van der Waals surface area contributed by atoms with E-state index in [4.69, 9.17) is 13.7 Å². The van der Waals surface area contributed by atoms with Crippen LogP contribution in [0.4, 0.5) is 0 Å². The van der Waals surface area contributed by atoms with E-state index in [2.05, 4.69) is 5.32 Å². The third-order valence-electron chi connectivity index (χ3n) is 4.75. The standard InChI is InChI=1S/C26H37NO6S/c1-18-10-9-11-21(14-18)32-22-13-12-19(15-20(22)17-31-24(28)25(2,3)4)23(33-34(8,29)30)16-27-26(5,6)7/h9-15,23,27H,16-17H2,1-8H3. The summed E-state index contributed by atoms with van der Waals surface area (Å²) < 4.78 is 40.9. The van der Waals surface area contributed by atoms with Gasteiger partial charge in [-0.1, -0.05) is 18.2 Å². The molecular weight excluding hydrogens is 454 g/mol. The molecule has 0 amide bonds. The van der Waals surface area contributed by atoms with Crippen LogP contribution in [0.5, 0.6) is 11.5 Å². The average Bonchev–Trinajstić information content (AvgIpc) is 2.68. The van der Waals surface area contributed by atoms with Crippen molar-refractivity contribution in [1.82, 2.24) is 5.32 Å². The number of carbonyl (C=O) groups excluding carboxylic acids is 1. The van der Waals surface area contributed by atoms with Crippen LogP contribution >= 0.6 is 0 Å². The van der Waals surface area contributed by atoms with Gasteiger partial charge in [0.25, 0.3) is 10.1 Å². The van der Waals surface area contributed by atoms with Gasteiger partial charge in [0, 0.05) is 17.6 Å². The van der Waals surface area contributed by atoms with Crippen LogP contribution in [0.1, 0.15) is 64.3 Å². The highest BCUT2D eigenvalue weighted by atomic mass is 32.2. The maximum Gasteiger partial charge on any atom is 0.311 e. The molecule has 188 valence electrons. The fourth-order valence-corrected chi connectivity index (χ4v) is 3.60. The Morgan fingerprint density at radius 2 is 1.71 bits per heavy atom. The molecule has 0 saturated heterocycles. The van der Waals surface area contributed by atoms with Crippen molar-refractivity contribution in [3.05, 3.63) is 59.2 Å². The van der Waals surface area contributed by atoms with E-state index in [9.17, 15) is 13.2 Å². The molecular formula is C26H37NO6S. The molecule has 1 unspecified atom stereocenters. The fraction of sp³-hybridized carbons (Fsp3) is 0.500. The molecule has 0 heterocycles. The lowest BCUT2D eigenvalue weighted by molar-refractivity contribution is -0.154. The lowest BCUT2D eigenvalue weighted by atomic mass is 9.97. The Morgan fingerprint density at radius 1 is 1.03 bits per heavy atom. The zero-order valence-corrected chi connectivity index (χ0v) is 22.2. The number of aryl methyl sites for hydroxylation is 1. The molecule has 0 fully saturated rings. The van der Waals surface area contributed by atoms with Crippen LogP contribution in [0.2, 0.25) is 0 Å². The first-order valence-corrected chi connectivity index (χ1v) is 13.0. The zero-order valence-electron chi connectivity index (χ0n) is 21.4. The molecule has 2 rings (SSSR count). The quantitative estimate of drug-likeness (QED) is 0.377. The molecule has 0 radical (unpaired) electrons. The van der Waals surface area contributed by atoms with Crippen molar-refractivity contribution in [3.8, 4) is 11.5 Å². The Kier molecular flexibility index (Phi) is 8.91. The summed E-state index contributed by atoms with van der Waals surface area (Å²) >= 11 is 0. The van der Waals surface area contributed by atoms with Crippen LogP contribution < -0.4 is 10.1 Å². The number of rotatable bonds is 9. The smallest absolute Gasteiger partial charge is 0.311 e. The van der Waals surface area contributed by atoms with Crippen molar-refractivity contribution in [2.24, 2.45) is 5.41 Å². The molecule has 0 aromatic heterocycles. The molecule has 1 N–H and O–H groups in total. The van der Waals surface area contributed by atoms with Gasteiger partial charge in [-0.05, 0) is 83.9 Å². The highest BCUT2D eigenvalue weighted by molar-refractivity contribution is 7.86. The second kappa shape index (κ2) is 10.9. The van der Waals surface area contributed by atoms with Crippen molar-refractivity contribution in [2.75, 3.05) is 12.8 Å².